The van der Waals surface area contributed by atoms with E-state index in [-0.39, 0.29) is 5.78 Å². The minimum atomic E-state index is 0.0545. The maximum Gasteiger partial charge on any atom is 0.190 e. The fraction of sp³-hybridized carbons (Fsp3) is 0.357. The summed E-state index contributed by atoms with van der Waals surface area (Å²) in [5.74, 6) is 0.826. The third kappa shape index (κ3) is 3.34. The molecule has 0 aliphatic rings. The molecule has 3 nitrogen and oxygen atoms in total. The van der Waals surface area contributed by atoms with Crippen LogP contribution in [0.3, 0.4) is 0 Å². The molecule has 0 amide bonds. The maximum absolute atomic E-state index is 12.2. The van der Waals surface area contributed by atoms with Crippen LogP contribution in [-0.2, 0) is 0 Å². The number of methoxy groups -OCH3 is 1. The van der Waals surface area contributed by atoms with Crippen LogP contribution in [0.5, 0.6) is 5.75 Å². The third-order valence-corrected chi connectivity index (χ3v) is 2.49. The van der Waals surface area contributed by atoms with Crippen molar-refractivity contribution in [1.82, 2.24) is 4.90 Å². The molecule has 0 N–H and O–H groups in total. The number of hydrogen-bond donors (Lipinski definition) is 0. The minimum absolute atomic E-state index is 0.0545. The molecule has 0 radical (unpaired) electrons. The number of ketones is 1. The van der Waals surface area contributed by atoms with Crippen LogP contribution >= 0.6 is 0 Å². The average Bonchev–Trinajstić information content (AvgIpc) is 2.27. The summed E-state index contributed by atoms with van der Waals surface area (Å²) in [6.45, 7) is 3.74. The van der Waals surface area contributed by atoms with Gasteiger partial charge >= 0.3 is 0 Å². The Bertz CT molecular complexity index is 448. The van der Waals surface area contributed by atoms with Crippen molar-refractivity contribution in [3.8, 4) is 5.75 Å². The Morgan fingerprint density at radius 1 is 1.35 bits per heavy atom. The summed E-state index contributed by atoms with van der Waals surface area (Å²) in [7, 11) is 5.42. The number of rotatable bonds is 4. The lowest BCUT2D eigenvalue weighted by molar-refractivity contribution is 0.103. The van der Waals surface area contributed by atoms with Gasteiger partial charge in [-0.25, -0.2) is 0 Å². The molecule has 0 unspecified atom stereocenters. The Kier molecular flexibility index (Phi) is 4.32. The first-order valence-corrected chi connectivity index (χ1v) is 5.50. The Labute approximate surface area is 103 Å². The molecule has 3 heteroatoms. The van der Waals surface area contributed by atoms with Crippen molar-refractivity contribution in [3.63, 3.8) is 0 Å². The van der Waals surface area contributed by atoms with Gasteiger partial charge in [-0.1, -0.05) is 0 Å². The van der Waals surface area contributed by atoms with E-state index in [9.17, 15) is 4.79 Å². The predicted molar refractivity (Wildman–Crippen MR) is 69.5 cm³/mol. The molecule has 0 atom stereocenters. The number of benzene rings is 1. The Morgan fingerprint density at radius 3 is 2.47 bits per heavy atom. The molecule has 0 saturated carbocycles. The van der Waals surface area contributed by atoms with Crippen molar-refractivity contribution in [2.45, 2.75) is 13.8 Å². The van der Waals surface area contributed by atoms with E-state index < -0.39 is 0 Å². The van der Waals surface area contributed by atoms with Gasteiger partial charge in [0.1, 0.15) is 5.75 Å². The lowest BCUT2D eigenvalue weighted by atomic mass is 10.00. The molecule has 0 bridgehead atoms. The fourth-order valence-electron chi connectivity index (χ4n) is 1.68. The summed E-state index contributed by atoms with van der Waals surface area (Å²) < 4.78 is 5.12. The van der Waals surface area contributed by atoms with Gasteiger partial charge in [-0.05, 0) is 37.6 Å². The second-order valence-corrected chi connectivity index (χ2v) is 4.29. The van der Waals surface area contributed by atoms with Gasteiger partial charge in [0, 0.05) is 31.4 Å². The second kappa shape index (κ2) is 5.53. The number of hydrogen-bond acceptors (Lipinski definition) is 3. The van der Waals surface area contributed by atoms with Gasteiger partial charge in [0.25, 0.3) is 0 Å². The van der Waals surface area contributed by atoms with E-state index in [0.717, 1.165) is 22.4 Å². The first-order chi connectivity index (χ1) is 7.95. The number of allylic oxidation sites excluding steroid dienone is 1. The number of carbonyl (C=O) groups is 1. The highest BCUT2D eigenvalue weighted by atomic mass is 16.5. The molecule has 0 spiro atoms. The normalized spacial score (nSPS) is 11.2. The highest BCUT2D eigenvalue weighted by molar-refractivity contribution is 6.09. The van der Waals surface area contributed by atoms with Crippen molar-refractivity contribution < 1.29 is 9.53 Å². The summed E-state index contributed by atoms with van der Waals surface area (Å²) in [6.07, 6.45) is 1.83. The van der Waals surface area contributed by atoms with E-state index in [2.05, 4.69) is 0 Å². The summed E-state index contributed by atoms with van der Waals surface area (Å²) in [6, 6.07) is 5.49. The van der Waals surface area contributed by atoms with Gasteiger partial charge in [-0.15, -0.1) is 0 Å². The SMILES string of the molecule is COc1ccc(C(=O)/C(C)=C/N(C)C)c(C)c1. The van der Waals surface area contributed by atoms with Crippen molar-refractivity contribution in [2.75, 3.05) is 21.2 Å². The number of carbonyl (C=O) groups excluding carboxylic acids is 1. The molecule has 0 saturated heterocycles. The second-order valence-electron chi connectivity index (χ2n) is 4.29. The van der Waals surface area contributed by atoms with Crippen LogP contribution in [0.2, 0.25) is 0 Å². The Balaban J connectivity index is 3.05. The van der Waals surface area contributed by atoms with Crippen LogP contribution in [0, 0.1) is 6.92 Å². The molecular formula is C14H19NO2. The van der Waals surface area contributed by atoms with Crippen LogP contribution in [-0.4, -0.2) is 31.9 Å². The molecular weight excluding hydrogens is 214 g/mol. The van der Waals surface area contributed by atoms with Crippen LogP contribution in [0.1, 0.15) is 22.8 Å². The standard InChI is InChI=1S/C14H19NO2/c1-10-8-12(17-5)6-7-13(10)14(16)11(2)9-15(3)4/h6-9H,1-5H3/b11-9+. The molecule has 92 valence electrons. The van der Waals surface area contributed by atoms with Crippen molar-refractivity contribution in [3.05, 3.63) is 41.1 Å². The fourth-order valence-corrected chi connectivity index (χ4v) is 1.68. The Morgan fingerprint density at radius 2 is 2.00 bits per heavy atom. The summed E-state index contributed by atoms with van der Waals surface area (Å²) >= 11 is 0. The Hall–Kier alpha value is -1.77. The van der Waals surface area contributed by atoms with Gasteiger partial charge < -0.3 is 9.64 Å². The maximum atomic E-state index is 12.2. The van der Waals surface area contributed by atoms with E-state index in [1.807, 2.05) is 57.2 Å². The largest absolute Gasteiger partial charge is 0.497 e. The lowest BCUT2D eigenvalue weighted by Crippen LogP contribution is -2.09. The van der Waals surface area contributed by atoms with E-state index in [1.54, 1.807) is 7.11 Å². The smallest absolute Gasteiger partial charge is 0.190 e. The highest BCUT2D eigenvalue weighted by Gasteiger charge is 2.11. The van der Waals surface area contributed by atoms with Crippen LogP contribution < -0.4 is 4.74 Å². The van der Waals surface area contributed by atoms with Crippen LogP contribution in [0.15, 0.2) is 30.0 Å². The van der Waals surface area contributed by atoms with Crippen LogP contribution in [0.25, 0.3) is 0 Å². The summed E-state index contributed by atoms with van der Waals surface area (Å²) in [4.78, 5) is 14.0. The zero-order chi connectivity index (χ0) is 13.0. The minimum Gasteiger partial charge on any atom is -0.497 e. The molecule has 0 heterocycles. The molecule has 0 aromatic heterocycles. The van der Waals surface area contributed by atoms with Crippen molar-refractivity contribution in [1.29, 1.82) is 0 Å². The average molecular weight is 233 g/mol. The number of Topliss-reactive ketones (excluding diaryl/α,β-unsaturated/α-hetero) is 1. The zero-order valence-electron chi connectivity index (χ0n) is 11.1. The quantitative estimate of drug-likeness (QED) is 0.591. The van der Waals surface area contributed by atoms with E-state index in [0.29, 0.717) is 0 Å². The molecule has 0 aliphatic heterocycles. The van der Waals surface area contributed by atoms with Gasteiger partial charge in [0.05, 0.1) is 7.11 Å². The molecule has 0 aliphatic carbocycles. The van der Waals surface area contributed by atoms with Gasteiger partial charge in [-0.3, -0.25) is 4.79 Å². The summed E-state index contributed by atoms with van der Waals surface area (Å²) in [5, 5.41) is 0. The monoisotopic (exact) mass is 233 g/mol. The molecule has 17 heavy (non-hydrogen) atoms. The molecule has 1 aromatic rings. The van der Waals surface area contributed by atoms with E-state index in [1.165, 1.54) is 0 Å². The molecule has 0 fully saturated rings. The van der Waals surface area contributed by atoms with Gasteiger partial charge in [0.2, 0.25) is 0 Å². The van der Waals surface area contributed by atoms with Gasteiger partial charge in [-0.2, -0.15) is 0 Å². The zero-order valence-corrected chi connectivity index (χ0v) is 11.1. The van der Waals surface area contributed by atoms with E-state index >= 15 is 0 Å². The number of nitrogens with zero attached hydrogens (tertiary/aromatic N) is 1. The molecule has 1 aromatic carbocycles. The first kappa shape index (κ1) is 13.3. The van der Waals surface area contributed by atoms with E-state index in [4.69, 9.17) is 4.74 Å². The first-order valence-electron chi connectivity index (χ1n) is 5.50. The number of aryl methyl sites for hydroxylation is 1. The van der Waals surface area contributed by atoms with Crippen molar-refractivity contribution in [2.24, 2.45) is 0 Å². The van der Waals surface area contributed by atoms with Crippen molar-refractivity contribution >= 4 is 5.78 Å². The highest BCUT2D eigenvalue weighted by Crippen LogP contribution is 2.19. The predicted octanol–water partition coefficient (Wildman–Crippen LogP) is 2.65. The topological polar surface area (TPSA) is 29.5 Å². The number of ether oxygens (including phenoxy) is 1. The van der Waals surface area contributed by atoms with Crippen LogP contribution in [0.4, 0.5) is 0 Å². The van der Waals surface area contributed by atoms with Gasteiger partial charge in [0.15, 0.2) is 5.78 Å². The lowest BCUT2D eigenvalue weighted by Gasteiger charge is -2.10. The molecule has 1 rings (SSSR count). The summed E-state index contributed by atoms with van der Waals surface area (Å²) in [5.41, 5.74) is 2.38. The third-order valence-electron chi connectivity index (χ3n) is 2.49.